The molecule has 2 rings (SSSR count). The Kier molecular flexibility index (Phi) is 5.85. The molecule has 4 nitrogen and oxygen atoms in total. The highest BCUT2D eigenvalue weighted by Gasteiger charge is 2.40. The molecule has 20 heavy (non-hydrogen) atoms. The lowest BCUT2D eigenvalue weighted by molar-refractivity contribution is -0.146. The van der Waals surface area contributed by atoms with Gasteiger partial charge in [-0.3, -0.25) is 9.69 Å². The van der Waals surface area contributed by atoms with Crippen molar-refractivity contribution in [3.8, 4) is 0 Å². The summed E-state index contributed by atoms with van der Waals surface area (Å²) in [4.78, 5) is 14.3. The van der Waals surface area contributed by atoms with Crippen molar-refractivity contribution in [2.45, 2.75) is 64.5 Å². The molecular formula is C16H30N2O2. The number of ether oxygens (including phenoxy) is 1. The summed E-state index contributed by atoms with van der Waals surface area (Å²) in [6, 6.07) is 1.07. The van der Waals surface area contributed by atoms with E-state index >= 15 is 0 Å². The van der Waals surface area contributed by atoms with Crippen LogP contribution in [-0.2, 0) is 9.53 Å². The Bertz CT molecular complexity index is 318. The highest BCUT2D eigenvalue weighted by molar-refractivity contribution is 5.71. The van der Waals surface area contributed by atoms with Crippen LogP contribution in [0.4, 0.5) is 0 Å². The van der Waals surface area contributed by atoms with Gasteiger partial charge in [0.1, 0.15) is 0 Å². The second kappa shape index (κ2) is 7.41. The maximum Gasteiger partial charge on any atom is 0.320 e. The average molecular weight is 282 g/mol. The number of esters is 1. The molecule has 2 N–H and O–H groups in total. The fraction of sp³-hybridized carbons (Fsp3) is 0.938. The first-order valence-electron chi connectivity index (χ1n) is 8.30. The molecule has 0 spiro atoms. The van der Waals surface area contributed by atoms with Crippen molar-refractivity contribution < 1.29 is 9.53 Å². The van der Waals surface area contributed by atoms with Crippen LogP contribution in [0.3, 0.4) is 0 Å². The Labute approximate surface area is 123 Å². The molecule has 2 saturated carbocycles. The zero-order valence-electron chi connectivity index (χ0n) is 13.0. The van der Waals surface area contributed by atoms with Gasteiger partial charge < -0.3 is 10.5 Å². The van der Waals surface area contributed by atoms with Gasteiger partial charge in [-0.15, -0.1) is 0 Å². The molecule has 0 aliphatic heterocycles. The van der Waals surface area contributed by atoms with E-state index in [-0.39, 0.29) is 5.97 Å². The van der Waals surface area contributed by atoms with Crippen LogP contribution in [0.5, 0.6) is 0 Å². The summed E-state index contributed by atoms with van der Waals surface area (Å²) in [6.07, 6.45) is 7.41. The van der Waals surface area contributed by atoms with Crippen molar-refractivity contribution in [3.05, 3.63) is 0 Å². The number of hydrogen-bond donors (Lipinski definition) is 1. The van der Waals surface area contributed by atoms with Crippen LogP contribution >= 0.6 is 0 Å². The van der Waals surface area contributed by atoms with E-state index in [0.29, 0.717) is 31.2 Å². The van der Waals surface area contributed by atoms with E-state index in [1.54, 1.807) is 0 Å². The van der Waals surface area contributed by atoms with E-state index in [2.05, 4.69) is 11.8 Å². The number of nitrogens with two attached hydrogens (primary N) is 1. The van der Waals surface area contributed by atoms with Crippen molar-refractivity contribution in [2.75, 3.05) is 19.7 Å². The fourth-order valence-electron chi connectivity index (χ4n) is 3.62. The molecule has 0 amide bonds. The average Bonchev–Trinajstić information content (AvgIpc) is 3.29. The normalized spacial score (nSPS) is 30.5. The quantitative estimate of drug-likeness (QED) is 0.727. The van der Waals surface area contributed by atoms with Crippen LogP contribution in [0.25, 0.3) is 0 Å². The van der Waals surface area contributed by atoms with Gasteiger partial charge in [0, 0.05) is 12.1 Å². The summed E-state index contributed by atoms with van der Waals surface area (Å²) >= 11 is 0. The third-order valence-electron chi connectivity index (χ3n) is 5.00. The van der Waals surface area contributed by atoms with Crippen molar-refractivity contribution in [1.29, 1.82) is 0 Å². The fourth-order valence-corrected chi connectivity index (χ4v) is 3.62. The largest absolute Gasteiger partial charge is 0.465 e. The predicted octanol–water partition coefficient (Wildman–Crippen LogP) is 2.17. The molecular weight excluding hydrogens is 252 g/mol. The van der Waals surface area contributed by atoms with Crippen molar-refractivity contribution in [1.82, 2.24) is 4.90 Å². The van der Waals surface area contributed by atoms with Gasteiger partial charge in [0.05, 0.1) is 13.2 Å². The lowest BCUT2D eigenvalue weighted by Gasteiger charge is -2.42. The van der Waals surface area contributed by atoms with Crippen molar-refractivity contribution in [2.24, 2.45) is 17.6 Å². The highest BCUT2D eigenvalue weighted by atomic mass is 16.5. The Morgan fingerprint density at radius 3 is 2.55 bits per heavy atom. The molecule has 2 fully saturated rings. The van der Waals surface area contributed by atoms with Gasteiger partial charge in [-0.2, -0.15) is 0 Å². The van der Waals surface area contributed by atoms with Crippen LogP contribution in [0.2, 0.25) is 0 Å². The zero-order chi connectivity index (χ0) is 14.5. The van der Waals surface area contributed by atoms with Gasteiger partial charge in [0.15, 0.2) is 0 Å². The summed E-state index contributed by atoms with van der Waals surface area (Å²) in [6.45, 7) is 5.82. The molecule has 4 heteroatoms. The first-order valence-corrected chi connectivity index (χ1v) is 8.30. The van der Waals surface area contributed by atoms with Crippen LogP contribution < -0.4 is 5.73 Å². The second-order valence-corrected chi connectivity index (χ2v) is 6.36. The SMILES string of the molecule is CCOC(=O)CN(C1CC1)C1CC(CC)CCC1CN. The molecule has 3 unspecified atom stereocenters. The van der Waals surface area contributed by atoms with Crippen LogP contribution in [0.1, 0.15) is 52.4 Å². The summed E-state index contributed by atoms with van der Waals surface area (Å²) < 4.78 is 5.15. The second-order valence-electron chi connectivity index (χ2n) is 6.36. The van der Waals surface area contributed by atoms with Crippen molar-refractivity contribution >= 4 is 5.97 Å². The monoisotopic (exact) mass is 282 g/mol. The number of rotatable bonds is 7. The van der Waals surface area contributed by atoms with E-state index in [0.717, 1.165) is 12.5 Å². The molecule has 0 bridgehead atoms. The Hall–Kier alpha value is -0.610. The summed E-state index contributed by atoms with van der Waals surface area (Å²) in [7, 11) is 0. The number of hydrogen-bond acceptors (Lipinski definition) is 4. The van der Waals surface area contributed by atoms with E-state index < -0.39 is 0 Å². The maximum atomic E-state index is 11.9. The number of carbonyl (C=O) groups excluding carboxylic acids is 1. The molecule has 0 radical (unpaired) electrons. The highest BCUT2D eigenvalue weighted by Crippen LogP contribution is 2.38. The smallest absolute Gasteiger partial charge is 0.320 e. The molecule has 116 valence electrons. The molecule has 2 aliphatic carbocycles. The molecule has 3 atom stereocenters. The van der Waals surface area contributed by atoms with Gasteiger partial charge in [0.2, 0.25) is 0 Å². The third-order valence-corrected chi connectivity index (χ3v) is 5.00. The standard InChI is InChI=1S/C16H30N2O2/c1-3-12-5-6-13(10-17)15(9-12)18(14-7-8-14)11-16(19)20-4-2/h12-15H,3-11,17H2,1-2H3. The molecule has 0 saturated heterocycles. The molecule has 0 aromatic rings. The first kappa shape index (κ1) is 15.8. The van der Waals surface area contributed by atoms with E-state index in [1.807, 2.05) is 6.92 Å². The van der Waals surface area contributed by atoms with E-state index in [4.69, 9.17) is 10.5 Å². The van der Waals surface area contributed by atoms with Crippen LogP contribution in [0.15, 0.2) is 0 Å². The lowest BCUT2D eigenvalue weighted by atomic mass is 9.76. The van der Waals surface area contributed by atoms with Crippen molar-refractivity contribution in [3.63, 3.8) is 0 Å². The minimum atomic E-state index is -0.0752. The van der Waals surface area contributed by atoms with E-state index in [9.17, 15) is 4.79 Å². The van der Waals surface area contributed by atoms with Gasteiger partial charge >= 0.3 is 5.97 Å². The maximum absolute atomic E-state index is 11.9. The molecule has 2 aliphatic rings. The summed E-state index contributed by atoms with van der Waals surface area (Å²) in [5.74, 6) is 1.27. The summed E-state index contributed by atoms with van der Waals surface area (Å²) in [5.41, 5.74) is 5.99. The van der Waals surface area contributed by atoms with E-state index in [1.165, 1.54) is 38.5 Å². The first-order chi connectivity index (χ1) is 9.69. The lowest BCUT2D eigenvalue weighted by Crippen LogP contribution is -2.50. The number of nitrogens with zero attached hydrogens (tertiary/aromatic N) is 1. The Morgan fingerprint density at radius 2 is 2.00 bits per heavy atom. The minimum absolute atomic E-state index is 0.0752. The topological polar surface area (TPSA) is 55.6 Å². The molecule has 0 heterocycles. The van der Waals surface area contributed by atoms with Gasteiger partial charge in [-0.1, -0.05) is 19.8 Å². The predicted molar refractivity (Wildman–Crippen MR) is 80.3 cm³/mol. The third kappa shape index (κ3) is 3.95. The zero-order valence-corrected chi connectivity index (χ0v) is 13.0. The molecule has 0 aromatic heterocycles. The summed E-state index contributed by atoms with van der Waals surface area (Å²) in [5, 5.41) is 0. The number of carbonyl (C=O) groups is 1. The van der Waals surface area contributed by atoms with Gasteiger partial charge in [-0.05, 0) is 51.0 Å². The van der Waals surface area contributed by atoms with Gasteiger partial charge in [0.25, 0.3) is 0 Å². The Balaban J connectivity index is 2.02. The van der Waals surface area contributed by atoms with Crippen LogP contribution in [0, 0.1) is 11.8 Å². The van der Waals surface area contributed by atoms with Crippen LogP contribution in [-0.4, -0.2) is 42.6 Å². The minimum Gasteiger partial charge on any atom is -0.465 e. The van der Waals surface area contributed by atoms with Gasteiger partial charge in [-0.25, -0.2) is 0 Å². The molecule has 0 aromatic carbocycles. The Morgan fingerprint density at radius 1 is 1.25 bits per heavy atom.